The van der Waals surface area contributed by atoms with Gasteiger partial charge in [0.05, 0.1) is 17.1 Å². The highest BCUT2D eigenvalue weighted by Gasteiger charge is 2.39. The van der Waals surface area contributed by atoms with Crippen LogP contribution in [0.15, 0.2) is 0 Å². The Morgan fingerprint density at radius 1 is 0.839 bits per heavy atom. The second-order valence-corrected chi connectivity index (χ2v) is 13.8. The first kappa shape index (κ1) is 30.0. The average Bonchev–Trinajstić information content (AvgIpc) is 3.19. The lowest BCUT2D eigenvalue weighted by molar-refractivity contribution is 0.0435. The smallest absolute Gasteiger partial charge is 0.153 e. The molecule has 186 valence electrons. The zero-order chi connectivity index (χ0) is 22.7. The van der Waals surface area contributed by atoms with Gasteiger partial charge in [0.2, 0.25) is 0 Å². The molecule has 1 unspecified atom stereocenters. The first-order valence-corrected chi connectivity index (χ1v) is 17.5. The van der Waals surface area contributed by atoms with E-state index in [1.807, 2.05) is 11.8 Å². The monoisotopic (exact) mass is 588 g/mol. The lowest BCUT2D eigenvalue weighted by Gasteiger charge is -2.27. The summed E-state index contributed by atoms with van der Waals surface area (Å²) in [6.45, 7) is 3.01. The minimum absolute atomic E-state index is 0.225. The van der Waals surface area contributed by atoms with Gasteiger partial charge in [-0.25, -0.2) is 8.42 Å². The molecular formula is C25H49IO3S2. The predicted molar refractivity (Wildman–Crippen MR) is 148 cm³/mol. The van der Waals surface area contributed by atoms with Crippen LogP contribution in [0, 0.1) is 0 Å². The van der Waals surface area contributed by atoms with Crippen molar-refractivity contribution in [1.29, 1.82) is 0 Å². The number of sulfone groups is 1. The Labute approximate surface area is 212 Å². The van der Waals surface area contributed by atoms with Crippen LogP contribution >= 0.6 is 34.4 Å². The number of rotatable bonds is 22. The van der Waals surface area contributed by atoms with Crippen LogP contribution in [-0.2, 0) is 14.6 Å². The van der Waals surface area contributed by atoms with E-state index in [0.29, 0.717) is 5.75 Å². The molecule has 6 heteroatoms. The molecule has 3 nitrogen and oxygen atoms in total. The molecule has 1 heterocycles. The molecule has 0 aromatic rings. The summed E-state index contributed by atoms with van der Waals surface area (Å²) in [6.07, 6.45) is 22.1. The zero-order valence-electron chi connectivity index (χ0n) is 20.2. The highest BCUT2D eigenvalue weighted by molar-refractivity contribution is 14.1. The van der Waals surface area contributed by atoms with Crippen molar-refractivity contribution in [3.8, 4) is 0 Å². The van der Waals surface area contributed by atoms with Gasteiger partial charge in [0.15, 0.2) is 9.84 Å². The maximum Gasteiger partial charge on any atom is 0.153 e. The van der Waals surface area contributed by atoms with Crippen LogP contribution in [-0.4, -0.2) is 48.1 Å². The summed E-state index contributed by atoms with van der Waals surface area (Å²) in [7, 11) is -3.00. The SMILES string of the molecule is CCCCCCCCCCCCCCCCSCC1(CS(=O)(=O)CCCI)CCCO1. The van der Waals surface area contributed by atoms with E-state index in [9.17, 15) is 8.42 Å². The Kier molecular flexibility index (Phi) is 18.7. The summed E-state index contributed by atoms with van der Waals surface area (Å²) >= 11 is 4.16. The quantitative estimate of drug-likeness (QED) is 0.0731. The van der Waals surface area contributed by atoms with Crippen LogP contribution in [0.3, 0.4) is 0 Å². The Balaban J connectivity index is 1.97. The lowest BCUT2D eigenvalue weighted by Crippen LogP contribution is -2.40. The second kappa shape index (κ2) is 19.3. The van der Waals surface area contributed by atoms with E-state index in [0.717, 1.165) is 41.8 Å². The van der Waals surface area contributed by atoms with Crippen molar-refractivity contribution in [1.82, 2.24) is 0 Å². The normalized spacial score (nSPS) is 19.3. The van der Waals surface area contributed by atoms with Gasteiger partial charge < -0.3 is 4.74 Å². The van der Waals surface area contributed by atoms with Crippen LogP contribution in [0.25, 0.3) is 0 Å². The average molecular weight is 589 g/mol. The van der Waals surface area contributed by atoms with Gasteiger partial charge >= 0.3 is 0 Å². The topological polar surface area (TPSA) is 43.4 Å². The van der Waals surface area contributed by atoms with Gasteiger partial charge in [-0.1, -0.05) is 113 Å². The summed E-state index contributed by atoms with van der Waals surface area (Å²) < 4.78 is 31.7. The maximum absolute atomic E-state index is 12.4. The number of halogens is 1. The molecular weight excluding hydrogens is 539 g/mol. The molecule has 0 saturated carbocycles. The van der Waals surface area contributed by atoms with Crippen molar-refractivity contribution in [2.24, 2.45) is 0 Å². The Morgan fingerprint density at radius 3 is 1.87 bits per heavy atom. The summed E-state index contributed by atoms with van der Waals surface area (Å²) in [6, 6.07) is 0. The molecule has 1 fully saturated rings. The Morgan fingerprint density at radius 2 is 1.39 bits per heavy atom. The van der Waals surface area contributed by atoms with Crippen LogP contribution < -0.4 is 0 Å². The fraction of sp³-hybridized carbons (Fsp3) is 1.00. The third-order valence-electron chi connectivity index (χ3n) is 6.26. The van der Waals surface area contributed by atoms with Gasteiger partial charge in [-0.15, -0.1) is 0 Å². The van der Waals surface area contributed by atoms with E-state index < -0.39 is 15.4 Å². The van der Waals surface area contributed by atoms with Crippen molar-refractivity contribution < 1.29 is 13.2 Å². The van der Waals surface area contributed by atoms with Crippen LogP contribution in [0.2, 0.25) is 0 Å². The molecule has 1 aliphatic heterocycles. The number of alkyl halides is 1. The molecule has 1 saturated heterocycles. The fourth-order valence-electron chi connectivity index (χ4n) is 4.43. The van der Waals surface area contributed by atoms with Crippen molar-refractivity contribution in [3.63, 3.8) is 0 Å². The first-order chi connectivity index (χ1) is 15.0. The third-order valence-corrected chi connectivity index (χ3v) is 10.2. The molecule has 1 aliphatic rings. The predicted octanol–water partition coefficient (Wildman–Crippen LogP) is 7.99. The highest BCUT2D eigenvalue weighted by Crippen LogP contribution is 2.32. The van der Waals surface area contributed by atoms with E-state index in [1.165, 1.54) is 89.9 Å². The number of thioether (sulfide) groups is 1. The zero-order valence-corrected chi connectivity index (χ0v) is 24.0. The van der Waals surface area contributed by atoms with Crippen LogP contribution in [0.5, 0.6) is 0 Å². The second-order valence-electron chi connectivity index (χ2n) is 9.42. The standard InChI is InChI=1S/C25H49IO3S2/c1-2-3-4-5-6-7-8-9-10-11-12-13-14-15-21-30-23-25(18-16-20-29-25)24-31(27,28)22-17-19-26/h2-24H2,1H3. The van der Waals surface area contributed by atoms with E-state index >= 15 is 0 Å². The molecule has 0 spiro atoms. The van der Waals surface area contributed by atoms with E-state index in [-0.39, 0.29) is 5.75 Å². The van der Waals surface area contributed by atoms with Crippen molar-refractivity contribution >= 4 is 44.2 Å². The molecule has 0 aromatic carbocycles. The van der Waals surface area contributed by atoms with Gasteiger partial charge in [-0.2, -0.15) is 11.8 Å². The lowest BCUT2D eigenvalue weighted by atomic mass is 10.0. The number of ether oxygens (including phenoxy) is 1. The van der Waals surface area contributed by atoms with Crippen LogP contribution in [0.1, 0.15) is 116 Å². The highest BCUT2D eigenvalue weighted by atomic mass is 127. The molecule has 0 N–H and O–H groups in total. The molecule has 0 aromatic heterocycles. The minimum atomic E-state index is -3.00. The summed E-state index contributed by atoms with van der Waals surface area (Å²) in [5.74, 6) is 2.51. The van der Waals surface area contributed by atoms with E-state index in [4.69, 9.17) is 4.74 Å². The van der Waals surface area contributed by atoms with E-state index in [2.05, 4.69) is 29.5 Å². The maximum atomic E-state index is 12.4. The molecule has 0 radical (unpaired) electrons. The fourth-order valence-corrected chi connectivity index (χ4v) is 8.57. The number of hydrogen-bond acceptors (Lipinski definition) is 4. The Bertz CT molecular complexity index is 505. The van der Waals surface area contributed by atoms with Gasteiger partial charge in [0, 0.05) is 16.8 Å². The van der Waals surface area contributed by atoms with Gasteiger partial charge in [-0.3, -0.25) is 0 Å². The van der Waals surface area contributed by atoms with Crippen molar-refractivity contribution in [2.75, 3.05) is 34.0 Å². The van der Waals surface area contributed by atoms with E-state index in [1.54, 1.807) is 0 Å². The van der Waals surface area contributed by atoms with Crippen LogP contribution in [0.4, 0.5) is 0 Å². The summed E-state index contributed by atoms with van der Waals surface area (Å²) in [5.41, 5.74) is -0.412. The Hall–Kier alpha value is 0.990. The molecule has 1 atom stereocenters. The van der Waals surface area contributed by atoms with Gasteiger partial charge in [0.1, 0.15) is 0 Å². The molecule has 0 bridgehead atoms. The van der Waals surface area contributed by atoms with Crippen molar-refractivity contribution in [3.05, 3.63) is 0 Å². The minimum Gasteiger partial charge on any atom is -0.373 e. The molecule has 0 amide bonds. The van der Waals surface area contributed by atoms with Gasteiger partial charge in [0.25, 0.3) is 0 Å². The molecule has 31 heavy (non-hydrogen) atoms. The largest absolute Gasteiger partial charge is 0.373 e. The van der Waals surface area contributed by atoms with Crippen molar-refractivity contribution in [2.45, 2.75) is 122 Å². The first-order valence-electron chi connectivity index (χ1n) is 13.0. The van der Waals surface area contributed by atoms with Gasteiger partial charge in [-0.05, 0) is 31.4 Å². The molecule has 1 rings (SSSR count). The summed E-state index contributed by atoms with van der Waals surface area (Å²) in [5, 5.41) is 0. The number of unbranched alkanes of at least 4 members (excludes halogenated alkanes) is 13. The third kappa shape index (κ3) is 16.3. The summed E-state index contributed by atoms with van der Waals surface area (Å²) in [4.78, 5) is 0. The number of hydrogen-bond donors (Lipinski definition) is 0. The molecule has 0 aliphatic carbocycles.